The van der Waals surface area contributed by atoms with E-state index in [1.54, 1.807) is 0 Å². The van der Waals surface area contributed by atoms with E-state index in [-0.39, 0.29) is 6.42 Å². The lowest BCUT2D eigenvalue weighted by molar-refractivity contribution is -0.136. The van der Waals surface area contributed by atoms with Gasteiger partial charge in [0.05, 0.1) is 6.42 Å². The van der Waals surface area contributed by atoms with Gasteiger partial charge in [0.15, 0.2) is 0 Å². The summed E-state index contributed by atoms with van der Waals surface area (Å²) in [6.07, 6.45) is 2.23. The van der Waals surface area contributed by atoms with Crippen LogP contribution in [0.4, 0.5) is 0 Å². The minimum absolute atomic E-state index is 0.0902. The van der Waals surface area contributed by atoms with Crippen LogP contribution in [0.2, 0.25) is 0 Å². The highest BCUT2D eigenvalue weighted by atomic mass is 16.4. The van der Waals surface area contributed by atoms with E-state index in [4.69, 9.17) is 5.11 Å². The Morgan fingerprint density at radius 3 is 2.76 bits per heavy atom. The zero-order valence-corrected chi connectivity index (χ0v) is 9.94. The average Bonchev–Trinajstić information content (AvgIpc) is 2.29. The maximum Gasteiger partial charge on any atom is 0.307 e. The fraction of sp³-hybridized carbons (Fsp3) is 0.267. The van der Waals surface area contributed by atoms with Crippen LogP contribution in [0.5, 0.6) is 0 Å². The summed E-state index contributed by atoms with van der Waals surface area (Å²) in [7, 11) is 0. The normalized spacial score (nSPS) is 10.6. The van der Waals surface area contributed by atoms with Crippen LogP contribution in [0.3, 0.4) is 0 Å². The molecule has 0 aliphatic rings. The standard InChI is InChI=1S/C15H16O2/c1-2-4-11-7-8-12-5-3-6-13(10-15(16)17)14(12)9-11/h3,5-9H,2,4,10H2,1H3,(H,16,17). The topological polar surface area (TPSA) is 37.3 Å². The van der Waals surface area contributed by atoms with E-state index < -0.39 is 5.97 Å². The molecule has 0 heterocycles. The van der Waals surface area contributed by atoms with Crippen molar-refractivity contribution in [3.05, 3.63) is 47.5 Å². The van der Waals surface area contributed by atoms with Gasteiger partial charge in [-0.2, -0.15) is 0 Å². The van der Waals surface area contributed by atoms with Gasteiger partial charge in [-0.15, -0.1) is 0 Å². The Morgan fingerprint density at radius 2 is 2.06 bits per heavy atom. The van der Waals surface area contributed by atoms with Crippen molar-refractivity contribution in [2.24, 2.45) is 0 Å². The van der Waals surface area contributed by atoms with Crippen LogP contribution in [0.1, 0.15) is 24.5 Å². The average molecular weight is 228 g/mol. The largest absolute Gasteiger partial charge is 0.481 e. The third-order valence-corrected chi connectivity index (χ3v) is 2.92. The van der Waals surface area contributed by atoms with Crippen molar-refractivity contribution in [2.75, 3.05) is 0 Å². The van der Waals surface area contributed by atoms with Crippen molar-refractivity contribution >= 4 is 16.7 Å². The number of aliphatic carboxylic acids is 1. The van der Waals surface area contributed by atoms with Crippen LogP contribution in [-0.4, -0.2) is 11.1 Å². The first kappa shape index (κ1) is 11.6. The predicted octanol–water partition coefficient (Wildman–Crippen LogP) is 3.42. The highest BCUT2D eigenvalue weighted by Gasteiger charge is 2.05. The summed E-state index contributed by atoms with van der Waals surface area (Å²) in [5.74, 6) is -0.779. The number of carboxylic acids is 1. The number of hydrogen-bond acceptors (Lipinski definition) is 1. The highest BCUT2D eigenvalue weighted by Crippen LogP contribution is 2.21. The van der Waals surface area contributed by atoms with Crippen LogP contribution in [0, 0.1) is 0 Å². The molecule has 0 radical (unpaired) electrons. The molecule has 2 rings (SSSR count). The lowest BCUT2D eigenvalue weighted by Crippen LogP contribution is -2.00. The van der Waals surface area contributed by atoms with Gasteiger partial charge >= 0.3 is 5.97 Å². The fourth-order valence-electron chi connectivity index (χ4n) is 2.15. The minimum Gasteiger partial charge on any atom is -0.481 e. The van der Waals surface area contributed by atoms with E-state index in [1.807, 2.05) is 18.2 Å². The number of benzene rings is 2. The number of rotatable bonds is 4. The fourth-order valence-corrected chi connectivity index (χ4v) is 2.15. The number of aryl methyl sites for hydroxylation is 1. The summed E-state index contributed by atoms with van der Waals surface area (Å²) in [5, 5.41) is 11.1. The van der Waals surface area contributed by atoms with Gasteiger partial charge in [0.2, 0.25) is 0 Å². The van der Waals surface area contributed by atoms with Gasteiger partial charge in [-0.1, -0.05) is 49.7 Å². The Hall–Kier alpha value is -1.83. The Balaban J connectivity index is 2.51. The third kappa shape index (κ3) is 2.64. The molecule has 0 saturated heterocycles. The van der Waals surface area contributed by atoms with Crippen LogP contribution >= 0.6 is 0 Å². The van der Waals surface area contributed by atoms with Gasteiger partial charge in [-0.3, -0.25) is 4.79 Å². The molecule has 88 valence electrons. The van der Waals surface area contributed by atoms with Crippen LogP contribution in [0.25, 0.3) is 10.8 Å². The number of carboxylic acid groups (broad SMARTS) is 1. The highest BCUT2D eigenvalue weighted by molar-refractivity contribution is 5.89. The van der Waals surface area contributed by atoms with E-state index in [9.17, 15) is 4.79 Å². The molecule has 0 aliphatic heterocycles. The van der Waals surface area contributed by atoms with E-state index in [0.29, 0.717) is 0 Å². The third-order valence-electron chi connectivity index (χ3n) is 2.92. The Morgan fingerprint density at radius 1 is 1.24 bits per heavy atom. The second-order valence-corrected chi connectivity index (χ2v) is 4.29. The van der Waals surface area contributed by atoms with Gasteiger partial charge in [-0.25, -0.2) is 0 Å². The Bertz CT molecular complexity index is 544. The zero-order chi connectivity index (χ0) is 12.3. The van der Waals surface area contributed by atoms with Crippen molar-refractivity contribution in [1.82, 2.24) is 0 Å². The maximum absolute atomic E-state index is 10.8. The van der Waals surface area contributed by atoms with E-state index in [1.165, 1.54) is 5.56 Å². The van der Waals surface area contributed by atoms with E-state index >= 15 is 0 Å². The predicted molar refractivity (Wildman–Crippen MR) is 69.3 cm³/mol. The quantitative estimate of drug-likeness (QED) is 0.870. The van der Waals surface area contributed by atoms with Crippen LogP contribution < -0.4 is 0 Å². The molecule has 0 atom stereocenters. The number of fused-ring (bicyclic) bond motifs is 1. The van der Waals surface area contributed by atoms with Gasteiger partial charge in [0, 0.05) is 0 Å². The second-order valence-electron chi connectivity index (χ2n) is 4.29. The first-order valence-electron chi connectivity index (χ1n) is 5.93. The molecule has 17 heavy (non-hydrogen) atoms. The van der Waals surface area contributed by atoms with Crippen molar-refractivity contribution in [3.63, 3.8) is 0 Å². The summed E-state index contributed by atoms with van der Waals surface area (Å²) in [6.45, 7) is 2.15. The van der Waals surface area contributed by atoms with Crippen LogP contribution in [-0.2, 0) is 17.6 Å². The van der Waals surface area contributed by atoms with Crippen molar-refractivity contribution in [1.29, 1.82) is 0 Å². The smallest absolute Gasteiger partial charge is 0.307 e. The number of hydrogen-bond donors (Lipinski definition) is 1. The summed E-state index contributed by atoms with van der Waals surface area (Å²) in [5.41, 5.74) is 2.17. The molecule has 0 aromatic heterocycles. The lowest BCUT2D eigenvalue weighted by atomic mass is 9.98. The molecule has 0 aliphatic carbocycles. The molecule has 0 bridgehead atoms. The molecule has 0 saturated carbocycles. The molecule has 2 aromatic rings. The molecular weight excluding hydrogens is 212 g/mol. The number of carbonyl (C=O) groups is 1. The van der Waals surface area contributed by atoms with Crippen molar-refractivity contribution in [3.8, 4) is 0 Å². The molecular formula is C15H16O2. The first-order chi connectivity index (χ1) is 8.20. The molecule has 2 nitrogen and oxygen atoms in total. The summed E-state index contributed by atoms with van der Waals surface area (Å²) in [6, 6.07) is 12.2. The summed E-state index contributed by atoms with van der Waals surface area (Å²) >= 11 is 0. The SMILES string of the molecule is CCCc1ccc2cccc(CC(=O)O)c2c1. The summed E-state index contributed by atoms with van der Waals surface area (Å²) in [4.78, 5) is 10.8. The molecule has 2 aromatic carbocycles. The molecule has 0 unspecified atom stereocenters. The Labute approximate surface area is 101 Å². The monoisotopic (exact) mass is 228 g/mol. The Kier molecular flexibility index (Phi) is 3.43. The van der Waals surface area contributed by atoms with Crippen molar-refractivity contribution in [2.45, 2.75) is 26.2 Å². The van der Waals surface area contributed by atoms with Gasteiger partial charge in [0.1, 0.15) is 0 Å². The van der Waals surface area contributed by atoms with Crippen LogP contribution in [0.15, 0.2) is 36.4 Å². The first-order valence-corrected chi connectivity index (χ1v) is 5.93. The van der Waals surface area contributed by atoms with Crippen molar-refractivity contribution < 1.29 is 9.90 Å². The van der Waals surface area contributed by atoms with Gasteiger partial charge < -0.3 is 5.11 Å². The van der Waals surface area contributed by atoms with E-state index in [2.05, 4.69) is 25.1 Å². The van der Waals surface area contributed by atoms with E-state index in [0.717, 1.165) is 29.2 Å². The zero-order valence-electron chi connectivity index (χ0n) is 9.94. The van der Waals surface area contributed by atoms with Gasteiger partial charge in [-0.05, 0) is 28.3 Å². The maximum atomic E-state index is 10.8. The lowest BCUT2D eigenvalue weighted by Gasteiger charge is -2.06. The summed E-state index contributed by atoms with van der Waals surface area (Å²) < 4.78 is 0. The molecule has 0 spiro atoms. The molecule has 0 fully saturated rings. The molecule has 2 heteroatoms. The van der Waals surface area contributed by atoms with Gasteiger partial charge in [0.25, 0.3) is 0 Å². The second kappa shape index (κ2) is 5.00. The molecule has 0 amide bonds. The minimum atomic E-state index is -0.779. The molecule has 1 N–H and O–H groups in total.